The maximum Gasteiger partial charge on any atom is 0.231 e. The van der Waals surface area contributed by atoms with Gasteiger partial charge in [-0.1, -0.05) is 12.1 Å². The molecule has 0 aliphatic carbocycles. The van der Waals surface area contributed by atoms with Crippen molar-refractivity contribution < 1.29 is 14.6 Å². The van der Waals surface area contributed by atoms with Crippen LogP contribution >= 0.6 is 24.0 Å². The Morgan fingerprint density at radius 1 is 1.41 bits per heavy atom. The predicted octanol–water partition coefficient (Wildman–Crippen LogP) is 0.858. The summed E-state index contributed by atoms with van der Waals surface area (Å²) in [5.74, 6) is 1.14. The summed E-state index contributed by atoms with van der Waals surface area (Å²) in [5, 5.41) is 16.8. The van der Waals surface area contributed by atoms with Gasteiger partial charge < -0.3 is 26.2 Å². The van der Waals surface area contributed by atoms with E-state index in [1.54, 1.807) is 0 Å². The molecule has 5 N–H and O–H groups in total. The SMILES string of the molecule is CCNC(=NCC(O)COc1cccc(C)c1)NC1CCN(CC(N)=O)CC1.I. The number of likely N-dealkylation sites (tertiary alicyclic amines) is 1. The van der Waals surface area contributed by atoms with Gasteiger partial charge in [-0.3, -0.25) is 14.7 Å². The van der Waals surface area contributed by atoms with Crippen LogP contribution in [0.25, 0.3) is 0 Å². The van der Waals surface area contributed by atoms with Gasteiger partial charge in [0.15, 0.2) is 5.96 Å². The third kappa shape index (κ3) is 10.1. The van der Waals surface area contributed by atoms with Crippen molar-refractivity contribution in [1.82, 2.24) is 15.5 Å². The van der Waals surface area contributed by atoms with E-state index in [9.17, 15) is 9.90 Å². The minimum absolute atomic E-state index is 0. The number of carbonyl (C=O) groups excluding carboxylic acids is 1. The van der Waals surface area contributed by atoms with E-state index < -0.39 is 6.10 Å². The Labute approximate surface area is 190 Å². The summed E-state index contributed by atoms with van der Waals surface area (Å²) in [6.07, 6.45) is 1.14. The molecular weight excluding hydrogens is 485 g/mol. The lowest BCUT2D eigenvalue weighted by molar-refractivity contribution is -0.119. The summed E-state index contributed by atoms with van der Waals surface area (Å²) in [6.45, 7) is 7.15. The third-order valence-electron chi connectivity index (χ3n) is 4.54. The molecule has 0 aromatic heterocycles. The van der Waals surface area contributed by atoms with Crippen LogP contribution in [-0.2, 0) is 4.79 Å². The first kappa shape index (κ1) is 25.4. The number of rotatable bonds is 9. The maximum atomic E-state index is 11.0. The Morgan fingerprint density at radius 3 is 2.76 bits per heavy atom. The predicted molar refractivity (Wildman–Crippen MR) is 126 cm³/mol. The zero-order chi connectivity index (χ0) is 20.4. The highest BCUT2D eigenvalue weighted by Gasteiger charge is 2.21. The average Bonchev–Trinajstić information content (AvgIpc) is 2.66. The first-order chi connectivity index (χ1) is 13.5. The molecule has 1 atom stereocenters. The van der Waals surface area contributed by atoms with E-state index >= 15 is 0 Å². The van der Waals surface area contributed by atoms with Crippen LogP contribution in [0, 0.1) is 6.92 Å². The number of amides is 1. The Hall–Kier alpha value is -1.59. The molecule has 1 heterocycles. The number of hydrogen-bond donors (Lipinski definition) is 4. The highest BCUT2D eigenvalue weighted by atomic mass is 127. The molecule has 9 heteroatoms. The van der Waals surface area contributed by atoms with E-state index in [1.165, 1.54) is 0 Å². The number of halogens is 1. The highest BCUT2D eigenvalue weighted by molar-refractivity contribution is 14.0. The van der Waals surface area contributed by atoms with Gasteiger partial charge in [0, 0.05) is 25.7 Å². The Kier molecular flexibility index (Phi) is 11.9. The number of benzene rings is 1. The zero-order valence-corrected chi connectivity index (χ0v) is 19.6. The Balaban J connectivity index is 0.00000420. The van der Waals surface area contributed by atoms with Crippen molar-refractivity contribution in [3.63, 3.8) is 0 Å². The lowest BCUT2D eigenvalue weighted by atomic mass is 10.1. The number of ether oxygens (including phenoxy) is 1. The number of aliphatic hydroxyl groups is 1. The van der Waals surface area contributed by atoms with Gasteiger partial charge in [0.25, 0.3) is 0 Å². The summed E-state index contributed by atoms with van der Waals surface area (Å²) < 4.78 is 5.63. The van der Waals surface area contributed by atoms with Crippen LogP contribution in [0.4, 0.5) is 0 Å². The molecule has 1 aromatic carbocycles. The van der Waals surface area contributed by atoms with Gasteiger partial charge in [0.2, 0.25) is 5.91 Å². The monoisotopic (exact) mass is 519 g/mol. The minimum Gasteiger partial charge on any atom is -0.491 e. The molecule has 1 aliphatic heterocycles. The smallest absolute Gasteiger partial charge is 0.231 e. The van der Waals surface area contributed by atoms with Crippen LogP contribution in [0.2, 0.25) is 0 Å². The molecule has 0 radical (unpaired) electrons. The van der Waals surface area contributed by atoms with E-state index in [4.69, 9.17) is 10.5 Å². The summed E-state index contributed by atoms with van der Waals surface area (Å²) in [5.41, 5.74) is 6.37. The molecule has 1 saturated heterocycles. The van der Waals surface area contributed by atoms with Gasteiger partial charge in [-0.2, -0.15) is 0 Å². The van der Waals surface area contributed by atoms with E-state index in [0.29, 0.717) is 12.5 Å². The number of aliphatic hydroxyl groups excluding tert-OH is 1. The second-order valence-corrected chi connectivity index (χ2v) is 7.16. The first-order valence-electron chi connectivity index (χ1n) is 9.89. The van der Waals surface area contributed by atoms with Gasteiger partial charge in [-0.15, -0.1) is 24.0 Å². The average molecular weight is 519 g/mol. The molecule has 29 heavy (non-hydrogen) atoms. The normalized spacial score (nSPS) is 16.6. The molecule has 8 nitrogen and oxygen atoms in total. The van der Waals surface area contributed by atoms with Crippen LogP contribution < -0.4 is 21.1 Å². The number of guanidine groups is 1. The van der Waals surface area contributed by atoms with Gasteiger partial charge >= 0.3 is 0 Å². The quantitative estimate of drug-likeness (QED) is 0.219. The molecule has 0 saturated carbocycles. The molecule has 2 rings (SSSR count). The van der Waals surface area contributed by atoms with Crippen LogP contribution in [0.15, 0.2) is 29.3 Å². The Morgan fingerprint density at radius 2 is 2.14 bits per heavy atom. The van der Waals surface area contributed by atoms with Crippen molar-refractivity contribution in [2.75, 3.05) is 39.3 Å². The first-order valence-corrected chi connectivity index (χ1v) is 9.89. The molecule has 1 unspecified atom stereocenters. The van der Waals surface area contributed by atoms with Gasteiger partial charge in [0.05, 0.1) is 13.1 Å². The molecule has 1 fully saturated rings. The fraction of sp³-hybridized carbons (Fsp3) is 0.600. The standard InChI is InChI=1S/C20H33N5O3.HI/c1-3-22-20(24-16-7-9-25(10-8-16)13-19(21)27)23-12-17(26)14-28-18-6-4-5-15(2)11-18;/h4-6,11,16-17,26H,3,7-10,12-14H2,1-2H3,(H2,21,27)(H2,22,23,24);1H. The molecule has 1 aromatic rings. The minimum atomic E-state index is -0.687. The molecule has 1 aliphatic rings. The number of nitrogens with one attached hydrogen (secondary N) is 2. The lowest BCUT2D eigenvalue weighted by Gasteiger charge is -2.32. The van der Waals surface area contributed by atoms with Crippen molar-refractivity contribution >= 4 is 35.8 Å². The molecule has 0 bridgehead atoms. The number of aryl methyl sites for hydroxylation is 1. The van der Waals surface area contributed by atoms with Crippen molar-refractivity contribution in [2.45, 2.75) is 38.8 Å². The maximum absolute atomic E-state index is 11.0. The number of aliphatic imine (C=N–C) groups is 1. The third-order valence-corrected chi connectivity index (χ3v) is 4.54. The van der Waals surface area contributed by atoms with Crippen LogP contribution in [0.5, 0.6) is 5.75 Å². The van der Waals surface area contributed by atoms with E-state index in [-0.39, 0.29) is 49.1 Å². The summed E-state index contributed by atoms with van der Waals surface area (Å²) in [7, 11) is 0. The second kappa shape index (κ2) is 13.6. The Bertz CT molecular complexity index is 651. The molecule has 0 spiro atoms. The van der Waals surface area contributed by atoms with E-state index in [1.807, 2.05) is 38.1 Å². The van der Waals surface area contributed by atoms with Crippen molar-refractivity contribution in [3.8, 4) is 5.75 Å². The van der Waals surface area contributed by atoms with Gasteiger partial charge in [-0.05, 0) is 44.4 Å². The summed E-state index contributed by atoms with van der Waals surface area (Å²) in [6, 6.07) is 8.02. The number of primary amides is 1. The fourth-order valence-electron chi connectivity index (χ4n) is 3.12. The number of nitrogens with two attached hydrogens (primary N) is 1. The molecule has 1 amide bonds. The van der Waals surface area contributed by atoms with E-state index in [2.05, 4.69) is 20.5 Å². The van der Waals surface area contributed by atoms with Gasteiger partial charge in [0.1, 0.15) is 18.5 Å². The zero-order valence-electron chi connectivity index (χ0n) is 17.3. The topological polar surface area (TPSA) is 112 Å². The van der Waals surface area contributed by atoms with Crippen LogP contribution in [0.3, 0.4) is 0 Å². The lowest BCUT2D eigenvalue weighted by Crippen LogP contribution is -2.50. The van der Waals surface area contributed by atoms with Crippen molar-refractivity contribution in [1.29, 1.82) is 0 Å². The molecular formula is C20H34IN5O3. The van der Waals surface area contributed by atoms with Crippen molar-refractivity contribution in [3.05, 3.63) is 29.8 Å². The number of nitrogens with zero attached hydrogens (tertiary/aromatic N) is 2. The number of hydrogen-bond acceptors (Lipinski definition) is 5. The summed E-state index contributed by atoms with van der Waals surface area (Å²) in [4.78, 5) is 17.6. The van der Waals surface area contributed by atoms with Crippen LogP contribution in [0.1, 0.15) is 25.3 Å². The number of carbonyl (C=O) groups is 1. The van der Waals surface area contributed by atoms with Crippen molar-refractivity contribution in [2.24, 2.45) is 10.7 Å². The second-order valence-electron chi connectivity index (χ2n) is 7.16. The summed E-state index contributed by atoms with van der Waals surface area (Å²) >= 11 is 0. The van der Waals surface area contributed by atoms with E-state index in [0.717, 1.165) is 43.8 Å². The fourth-order valence-corrected chi connectivity index (χ4v) is 3.12. The molecule has 164 valence electrons. The van der Waals surface area contributed by atoms with Gasteiger partial charge in [-0.25, -0.2) is 0 Å². The largest absolute Gasteiger partial charge is 0.491 e. The number of piperidine rings is 1. The van der Waals surface area contributed by atoms with Crippen LogP contribution in [-0.4, -0.2) is 73.3 Å². The highest BCUT2D eigenvalue weighted by Crippen LogP contribution is 2.12.